The second kappa shape index (κ2) is 7.29. The van der Waals surface area contributed by atoms with E-state index in [0.717, 1.165) is 6.20 Å². The molecular weight excluding hydrogens is 367 g/mol. The van der Waals surface area contributed by atoms with Crippen molar-refractivity contribution in [3.8, 4) is 5.75 Å². The molecule has 1 aliphatic heterocycles. The van der Waals surface area contributed by atoms with Gasteiger partial charge in [-0.2, -0.15) is 18.3 Å². The fraction of sp³-hybridized carbons (Fsp3) is 0.353. The van der Waals surface area contributed by atoms with E-state index in [1.165, 1.54) is 23.1 Å². The van der Waals surface area contributed by atoms with Gasteiger partial charge in [0.1, 0.15) is 17.9 Å². The highest BCUT2D eigenvalue weighted by Gasteiger charge is 2.40. The molecule has 0 saturated carbocycles. The van der Waals surface area contributed by atoms with E-state index in [4.69, 9.17) is 9.84 Å². The number of aromatic carboxylic acids is 1. The minimum Gasteiger partial charge on any atom is -0.491 e. The van der Waals surface area contributed by atoms with Crippen LogP contribution < -0.4 is 15.2 Å². The lowest BCUT2D eigenvalue weighted by Crippen LogP contribution is -2.37. The van der Waals surface area contributed by atoms with Crippen LogP contribution in [0.2, 0.25) is 0 Å². The zero-order valence-corrected chi connectivity index (χ0v) is 14.0. The van der Waals surface area contributed by atoms with Gasteiger partial charge < -0.3 is 14.7 Å². The van der Waals surface area contributed by atoms with E-state index in [9.17, 15) is 22.8 Å². The molecule has 1 aromatic heterocycles. The summed E-state index contributed by atoms with van der Waals surface area (Å²) < 4.78 is 45.5. The molecule has 2 aromatic rings. The molecule has 144 valence electrons. The van der Waals surface area contributed by atoms with Gasteiger partial charge in [0.15, 0.2) is 0 Å². The third-order valence-electron chi connectivity index (χ3n) is 4.33. The van der Waals surface area contributed by atoms with Crippen molar-refractivity contribution in [2.45, 2.75) is 25.1 Å². The Bertz CT molecular complexity index is 897. The molecule has 2 N–H and O–H groups in total. The summed E-state index contributed by atoms with van der Waals surface area (Å²) >= 11 is 0. The zero-order chi connectivity index (χ0) is 19.6. The molecule has 0 unspecified atom stereocenters. The number of benzene rings is 1. The average molecular weight is 383 g/mol. The minimum absolute atomic E-state index is 0.0488. The van der Waals surface area contributed by atoms with E-state index in [1.54, 1.807) is 6.07 Å². The van der Waals surface area contributed by atoms with E-state index in [1.807, 2.05) is 5.10 Å². The molecule has 1 aromatic carbocycles. The van der Waals surface area contributed by atoms with Crippen molar-refractivity contribution in [3.05, 3.63) is 51.9 Å². The number of carboxylic acid groups (broad SMARTS) is 1. The maximum Gasteiger partial charge on any atom is 0.423 e. The molecule has 0 spiro atoms. The molecule has 1 fully saturated rings. The Hall–Kier alpha value is -3.04. The highest BCUT2D eigenvalue weighted by molar-refractivity contribution is 5.88. The summed E-state index contributed by atoms with van der Waals surface area (Å²) in [5.74, 6) is -0.797. The lowest BCUT2D eigenvalue weighted by molar-refractivity contribution is -0.138. The van der Waals surface area contributed by atoms with Gasteiger partial charge in [-0.15, -0.1) is 0 Å². The number of ether oxygens (including phenoxy) is 1. The molecule has 0 aliphatic carbocycles. The predicted molar refractivity (Wildman–Crippen MR) is 89.1 cm³/mol. The van der Waals surface area contributed by atoms with E-state index < -0.39 is 29.3 Å². The molecule has 27 heavy (non-hydrogen) atoms. The first-order valence-corrected chi connectivity index (χ1v) is 8.15. The first-order valence-electron chi connectivity index (χ1n) is 8.15. The molecule has 7 nitrogen and oxygen atoms in total. The third kappa shape index (κ3) is 4.04. The Balaban J connectivity index is 1.81. The van der Waals surface area contributed by atoms with Crippen LogP contribution in [-0.4, -0.2) is 40.5 Å². The quantitative estimate of drug-likeness (QED) is 0.824. The minimum atomic E-state index is -4.81. The predicted octanol–water partition coefficient (Wildman–Crippen LogP) is 2.53. The van der Waals surface area contributed by atoms with Crippen LogP contribution in [0.25, 0.3) is 0 Å². The van der Waals surface area contributed by atoms with Crippen LogP contribution in [0.3, 0.4) is 0 Å². The van der Waals surface area contributed by atoms with E-state index in [2.05, 4.69) is 5.10 Å². The standard InChI is InChI=1S/C17H16F3N3O4/c18-17(19,20)14-13(8-21-22-15(14)24)23-6-2-4-11(23)9-27-12-5-1-3-10(7-12)16(25)26/h1,3,5,7-8,11H,2,4,6,9H2,(H,22,24)(H,25,26)/t11-/m0/s1. The van der Waals surface area contributed by atoms with Gasteiger partial charge in [-0.05, 0) is 31.0 Å². The van der Waals surface area contributed by atoms with Crippen molar-refractivity contribution in [2.24, 2.45) is 0 Å². The summed E-state index contributed by atoms with van der Waals surface area (Å²) in [6, 6.07) is 5.45. The van der Waals surface area contributed by atoms with E-state index >= 15 is 0 Å². The molecule has 1 atom stereocenters. The summed E-state index contributed by atoms with van der Waals surface area (Å²) in [6.45, 7) is 0.380. The van der Waals surface area contributed by atoms with Gasteiger partial charge in [-0.1, -0.05) is 6.07 Å². The Labute approximate surface area is 151 Å². The van der Waals surface area contributed by atoms with Crippen LogP contribution in [0.4, 0.5) is 18.9 Å². The highest BCUT2D eigenvalue weighted by Crippen LogP contribution is 2.36. The maximum absolute atomic E-state index is 13.3. The van der Waals surface area contributed by atoms with Crippen LogP contribution in [0.1, 0.15) is 28.8 Å². The number of aromatic nitrogens is 2. The van der Waals surface area contributed by atoms with Crippen molar-refractivity contribution >= 4 is 11.7 Å². The third-order valence-corrected chi connectivity index (χ3v) is 4.33. The van der Waals surface area contributed by atoms with Crippen molar-refractivity contribution in [3.63, 3.8) is 0 Å². The summed E-state index contributed by atoms with van der Waals surface area (Å²) in [5, 5.41) is 14.3. The smallest absolute Gasteiger partial charge is 0.423 e. The van der Waals surface area contributed by atoms with Crippen LogP contribution >= 0.6 is 0 Å². The number of nitrogens with one attached hydrogen (secondary N) is 1. The number of anilines is 1. The molecule has 0 radical (unpaired) electrons. The molecule has 1 aliphatic rings. The van der Waals surface area contributed by atoms with Crippen LogP contribution in [0.5, 0.6) is 5.75 Å². The van der Waals surface area contributed by atoms with Crippen molar-refractivity contribution in [1.82, 2.24) is 10.2 Å². The number of rotatable bonds is 5. The topological polar surface area (TPSA) is 95.5 Å². The van der Waals surface area contributed by atoms with Gasteiger partial charge in [-0.3, -0.25) is 4.79 Å². The van der Waals surface area contributed by atoms with Gasteiger partial charge >= 0.3 is 12.1 Å². The van der Waals surface area contributed by atoms with Crippen molar-refractivity contribution < 1.29 is 27.8 Å². The number of halogens is 3. The molecule has 1 saturated heterocycles. The average Bonchev–Trinajstić information content (AvgIpc) is 3.07. The van der Waals surface area contributed by atoms with Crippen LogP contribution in [-0.2, 0) is 6.18 Å². The molecule has 10 heteroatoms. The molecular formula is C17H16F3N3O4. The summed E-state index contributed by atoms with van der Waals surface area (Å²) in [4.78, 5) is 24.1. The summed E-state index contributed by atoms with van der Waals surface area (Å²) in [5.41, 5.74) is -2.80. The highest BCUT2D eigenvalue weighted by atomic mass is 19.4. The number of aromatic amines is 1. The molecule has 0 amide bonds. The number of carboxylic acids is 1. The number of H-pyrrole nitrogens is 1. The van der Waals surface area contributed by atoms with E-state index in [0.29, 0.717) is 25.1 Å². The van der Waals surface area contributed by atoms with Crippen molar-refractivity contribution in [2.75, 3.05) is 18.1 Å². The summed E-state index contributed by atoms with van der Waals surface area (Å²) in [6.07, 6.45) is -2.61. The molecule has 0 bridgehead atoms. The van der Waals surface area contributed by atoms with Crippen LogP contribution in [0.15, 0.2) is 35.3 Å². The number of hydrogen-bond donors (Lipinski definition) is 2. The first-order chi connectivity index (χ1) is 12.8. The monoisotopic (exact) mass is 383 g/mol. The Morgan fingerprint density at radius 1 is 1.41 bits per heavy atom. The normalized spacial score (nSPS) is 17.1. The second-order valence-electron chi connectivity index (χ2n) is 6.09. The lowest BCUT2D eigenvalue weighted by Gasteiger charge is -2.28. The molecule has 2 heterocycles. The van der Waals surface area contributed by atoms with Gasteiger partial charge in [0.25, 0.3) is 5.56 Å². The van der Waals surface area contributed by atoms with E-state index in [-0.39, 0.29) is 17.9 Å². The fourth-order valence-electron chi connectivity index (χ4n) is 3.12. The Morgan fingerprint density at radius 3 is 2.89 bits per heavy atom. The van der Waals surface area contributed by atoms with Crippen LogP contribution in [0, 0.1) is 0 Å². The first kappa shape index (κ1) is 18.7. The fourth-order valence-corrected chi connectivity index (χ4v) is 3.12. The zero-order valence-electron chi connectivity index (χ0n) is 14.0. The summed E-state index contributed by atoms with van der Waals surface area (Å²) in [7, 11) is 0. The SMILES string of the molecule is O=C(O)c1cccc(OC[C@@H]2CCCN2c2cn[nH]c(=O)c2C(F)(F)F)c1. The molecule has 3 rings (SSSR count). The van der Waals surface area contributed by atoms with Gasteiger partial charge in [0, 0.05) is 6.54 Å². The Kier molecular flexibility index (Phi) is 5.06. The number of hydrogen-bond acceptors (Lipinski definition) is 5. The second-order valence-corrected chi connectivity index (χ2v) is 6.09. The van der Waals surface area contributed by atoms with Gasteiger partial charge in [-0.25, -0.2) is 9.89 Å². The van der Waals surface area contributed by atoms with Gasteiger partial charge in [0.2, 0.25) is 0 Å². The number of nitrogens with zero attached hydrogens (tertiary/aromatic N) is 2. The van der Waals surface area contributed by atoms with Crippen molar-refractivity contribution in [1.29, 1.82) is 0 Å². The Morgan fingerprint density at radius 2 is 2.19 bits per heavy atom. The number of carbonyl (C=O) groups is 1. The maximum atomic E-state index is 13.3. The number of alkyl halides is 3. The van der Waals surface area contributed by atoms with Gasteiger partial charge in [0.05, 0.1) is 23.5 Å². The lowest BCUT2D eigenvalue weighted by atomic mass is 10.2. The largest absolute Gasteiger partial charge is 0.491 e.